The van der Waals surface area contributed by atoms with Crippen molar-refractivity contribution in [2.24, 2.45) is 5.92 Å². The summed E-state index contributed by atoms with van der Waals surface area (Å²) in [6.07, 6.45) is 1.47. The molecule has 1 amide bonds. The first-order valence-corrected chi connectivity index (χ1v) is 12.5. The van der Waals surface area contributed by atoms with E-state index in [2.05, 4.69) is 16.2 Å². The minimum Gasteiger partial charge on any atom is -0.359 e. The van der Waals surface area contributed by atoms with Gasteiger partial charge in [-0.1, -0.05) is 25.3 Å². The molecule has 1 saturated carbocycles. The van der Waals surface area contributed by atoms with E-state index in [1.807, 2.05) is 0 Å². The summed E-state index contributed by atoms with van der Waals surface area (Å²) >= 11 is 5.21. The van der Waals surface area contributed by atoms with E-state index in [-0.39, 0.29) is 31.8 Å². The third kappa shape index (κ3) is 6.32. The summed E-state index contributed by atoms with van der Waals surface area (Å²) in [5.41, 5.74) is 4.25. The van der Waals surface area contributed by atoms with E-state index in [0.29, 0.717) is 17.2 Å². The lowest BCUT2D eigenvalue weighted by molar-refractivity contribution is -0.137. The highest BCUT2D eigenvalue weighted by Crippen LogP contribution is 2.32. The Balaban J connectivity index is 1.49. The quantitative estimate of drug-likeness (QED) is 0.442. The van der Waals surface area contributed by atoms with E-state index in [1.165, 1.54) is 6.42 Å². The highest BCUT2D eigenvalue weighted by molar-refractivity contribution is 7.89. The van der Waals surface area contributed by atoms with Crippen LogP contribution < -0.4 is 16.2 Å². The molecule has 3 N–H and O–H groups in total. The number of piperidine rings is 1. The number of sulfonamides is 1. The van der Waals surface area contributed by atoms with Crippen molar-refractivity contribution in [3.05, 3.63) is 29.8 Å². The number of halogens is 3. The molecule has 1 aromatic rings. The standard InChI is InChI=1S/C20H27F3N4O3S2/c21-20(22,23)15-5-4-8-17(13-15)32(29,30)27-11-9-14(10-12-27)18(28)25-26-19(31)24-16-6-2-1-3-7-16/h4-5,8,13-14,16H,1-3,6-7,9-12H2,(H,25,28)(H2,24,26,31). The summed E-state index contributed by atoms with van der Waals surface area (Å²) in [5.74, 6) is -0.721. The van der Waals surface area contributed by atoms with Crippen LogP contribution in [0.3, 0.4) is 0 Å². The second-order valence-corrected chi connectivity index (χ2v) is 10.5. The zero-order chi connectivity index (χ0) is 23.4. The lowest BCUT2D eigenvalue weighted by Gasteiger charge is -2.31. The molecule has 0 bridgehead atoms. The minimum absolute atomic E-state index is 0.0431. The van der Waals surface area contributed by atoms with E-state index in [9.17, 15) is 26.4 Å². The zero-order valence-corrected chi connectivity index (χ0v) is 19.1. The highest BCUT2D eigenvalue weighted by Gasteiger charge is 2.35. The van der Waals surface area contributed by atoms with E-state index in [4.69, 9.17) is 12.2 Å². The second-order valence-electron chi connectivity index (χ2n) is 8.13. The van der Waals surface area contributed by atoms with Gasteiger partial charge in [0.2, 0.25) is 15.9 Å². The van der Waals surface area contributed by atoms with Crippen LogP contribution in [0.5, 0.6) is 0 Å². The number of rotatable bonds is 4. The van der Waals surface area contributed by atoms with Crippen molar-refractivity contribution >= 4 is 33.3 Å². The normalized spacial score (nSPS) is 19.3. The van der Waals surface area contributed by atoms with Gasteiger partial charge in [-0.25, -0.2) is 8.42 Å². The molecule has 0 aromatic heterocycles. The molecular formula is C20H27F3N4O3S2. The SMILES string of the molecule is O=C(NNC(=S)NC1CCCCC1)C1CCN(S(=O)(=O)c2cccc(C(F)(F)F)c2)CC1. The Hall–Kier alpha value is -1.92. The molecule has 1 saturated heterocycles. The molecule has 7 nitrogen and oxygen atoms in total. The molecule has 1 aliphatic carbocycles. The van der Waals surface area contributed by atoms with E-state index in [1.54, 1.807) is 0 Å². The van der Waals surface area contributed by atoms with E-state index >= 15 is 0 Å². The fourth-order valence-electron chi connectivity index (χ4n) is 4.03. The number of benzene rings is 1. The third-order valence-corrected chi connectivity index (χ3v) is 7.98. The van der Waals surface area contributed by atoms with Crippen molar-refractivity contribution in [2.45, 2.75) is 62.1 Å². The first kappa shape index (κ1) is 24.7. The monoisotopic (exact) mass is 492 g/mol. The second kappa shape index (κ2) is 10.3. The number of alkyl halides is 3. The van der Waals surface area contributed by atoms with Gasteiger partial charge in [-0.05, 0) is 56.1 Å². The Bertz CT molecular complexity index is 926. The number of carbonyl (C=O) groups excluding carboxylic acids is 1. The van der Waals surface area contributed by atoms with Crippen molar-refractivity contribution in [3.63, 3.8) is 0 Å². The Kier molecular flexibility index (Phi) is 7.99. The summed E-state index contributed by atoms with van der Waals surface area (Å²) in [6, 6.07) is 3.98. The van der Waals surface area contributed by atoms with Crippen molar-refractivity contribution in [1.82, 2.24) is 20.5 Å². The largest absolute Gasteiger partial charge is 0.416 e. The fourth-order valence-corrected chi connectivity index (χ4v) is 5.76. The van der Waals surface area contributed by atoms with Crippen LogP contribution in [0.2, 0.25) is 0 Å². The van der Waals surface area contributed by atoms with Gasteiger partial charge < -0.3 is 5.32 Å². The number of nitrogens with one attached hydrogen (secondary N) is 3. The van der Waals surface area contributed by atoms with Crippen LogP contribution in [-0.2, 0) is 21.0 Å². The molecule has 0 atom stereocenters. The first-order valence-electron chi connectivity index (χ1n) is 10.6. The smallest absolute Gasteiger partial charge is 0.359 e. The van der Waals surface area contributed by atoms with E-state index < -0.39 is 32.6 Å². The van der Waals surface area contributed by atoms with Crippen molar-refractivity contribution in [1.29, 1.82) is 0 Å². The molecule has 0 spiro atoms. The number of amides is 1. The Labute approximate surface area is 191 Å². The number of hydrogen-bond acceptors (Lipinski definition) is 4. The average Bonchev–Trinajstić information content (AvgIpc) is 2.78. The van der Waals surface area contributed by atoms with Crippen molar-refractivity contribution < 1.29 is 26.4 Å². The molecule has 1 aromatic carbocycles. The third-order valence-electron chi connectivity index (χ3n) is 5.86. The van der Waals surface area contributed by atoms with Crippen LogP contribution in [0.4, 0.5) is 13.2 Å². The molecule has 1 aliphatic heterocycles. The molecule has 178 valence electrons. The fraction of sp³-hybridized carbons (Fsp3) is 0.600. The number of hydrogen-bond donors (Lipinski definition) is 3. The molecule has 2 aliphatic rings. The highest BCUT2D eigenvalue weighted by atomic mass is 32.2. The van der Waals surface area contributed by atoms with Gasteiger partial charge in [-0.15, -0.1) is 0 Å². The maximum Gasteiger partial charge on any atom is 0.416 e. The van der Waals surface area contributed by atoms with Crippen LogP contribution in [-0.4, -0.2) is 42.9 Å². The summed E-state index contributed by atoms with van der Waals surface area (Å²) in [6.45, 7) is 0.0862. The maximum absolute atomic E-state index is 12.9. The van der Waals surface area contributed by atoms with Gasteiger partial charge >= 0.3 is 6.18 Å². The number of carbonyl (C=O) groups is 1. The zero-order valence-electron chi connectivity index (χ0n) is 17.5. The number of nitrogens with zero attached hydrogens (tertiary/aromatic N) is 1. The molecule has 0 radical (unpaired) electrons. The minimum atomic E-state index is -4.63. The Morgan fingerprint density at radius 1 is 1.03 bits per heavy atom. The van der Waals surface area contributed by atoms with Gasteiger partial charge in [-0.3, -0.25) is 15.6 Å². The lowest BCUT2D eigenvalue weighted by atomic mass is 9.96. The molecule has 12 heteroatoms. The van der Waals surface area contributed by atoms with Crippen LogP contribution >= 0.6 is 12.2 Å². The lowest BCUT2D eigenvalue weighted by Crippen LogP contribution is -2.52. The van der Waals surface area contributed by atoms with Crippen molar-refractivity contribution in [3.8, 4) is 0 Å². The molecule has 3 rings (SSSR count). The van der Waals surface area contributed by atoms with Gasteiger partial charge in [0.15, 0.2) is 5.11 Å². The summed E-state index contributed by atoms with van der Waals surface area (Å²) in [4.78, 5) is 12.0. The van der Waals surface area contributed by atoms with Gasteiger partial charge in [0.25, 0.3) is 0 Å². The van der Waals surface area contributed by atoms with Crippen LogP contribution in [0.25, 0.3) is 0 Å². The topological polar surface area (TPSA) is 90.5 Å². The maximum atomic E-state index is 12.9. The van der Waals surface area contributed by atoms with Crippen LogP contribution in [0.1, 0.15) is 50.5 Å². The Morgan fingerprint density at radius 2 is 1.69 bits per heavy atom. The summed E-state index contributed by atoms with van der Waals surface area (Å²) in [7, 11) is -4.08. The first-order chi connectivity index (χ1) is 15.1. The predicted molar refractivity (Wildman–Crippen MR) is 117 cm³/mol. The van der Waals surface area contributed by atoms with Crippen LogP contribution in [0.15, 0.2) is 29.2 Å². The average molecular weight is 493 g/mol. The Morgan fingerprint density at radius 3 is 2.31 bits per heavy atom. The van der Waals surface area contributed by atoms with Gasteiger partial charge in [0.1, 0.15) is 0 Å². The number of hydrazine groups is 1. The molecule has 32 heavy (non-hydrogen) atoms. The number of thiocarbonyl (C=S) groups is 1. The van der Waals surface area contributed by atoms with Crippen LogP contribution in [0, 0.1) is 5.92 Å². The summed E-state index contributed by atoms with van der Waals surface area (Å²) in [5, 5.41) is 3.52. The summed E-state index contributed by atoms with van der Waals surface area (Å²) < 4.78 is 65.4. The van der Waals surface area contributed by atoms with Gasteiger partial charge in [0.05, 0.1) is 10.5 Å². The van der Waals surface area contributed by atoms with Gasteiger partial charge in [-0.2, -0.15) is 17.5 Å². The molecule has 1 heterocycles. The molecule has 0 unspecified atom stereocenters. The molecule has 2 fully saturated rings. The van der Waals surface area contributed by atoms with Crippen molar-refractivity contribution in [2.75, 3.05) is 13.1 Å². The van der Waals surface area contributed by atoms with Gasteiger partial charge in [0, 0.05) is 25.0 Å². The molecular weight excluding hydrogens is 465 g/mol. The predicted octanol–water partition coefficient (Wildman–Crippen LogP) is 2.93. The van der Waals surface area contributed by atoms with E-state index in [0.717, 1.165) is 48.2 Å².